The molecular weight excluding hydrogens is 264 g/mol. The van der Waals surface area contributed by atoms with Gasteiger partial charge in [0.2, 0.25) is 0 Å². The lowest BCUT2D eigenvalue weighted by molar-refractivity contribution is -0.142. The molecular formula is C18H22O3. The van der Waals surface area contributed by atoms with Crippen LogP contribution < -0.4 is 0 Å². The van der Waals surface area contributed by atoms with Crippen molar-refractivity contribution in [3.05, 3.63) is 72.4 Å². The van der Waals surface area contributed by atoms with Crippen molar-refractivity contribution < 1.29 is 14.6 Å². The average molecular weight is 286 g/mol. The summed E-state index contributed by atoms with van der Waals surface area (Å²) in [6.45, 7) is 5.36. The summed E-state index contributed by atoms with van der Waals surface area (Å²) in [5, 5.41) is 9.34. The number of ether oxygens (including phenoxy) is 1. The first-order valence-corrected chi connectivity index (χ1v) is 6.89. The van der Waals surface area contributed by atoms with Crippen molar-refractivity contribution in [1.29, 1.82) is 0 Å². The third-order valence-electron chi connectivity index (χ3n) is 3.05. The van der Waals surface area contributed by atoms with Crippen LogP contribution in [-0.2, 0) is 9.53 Å². The van der Waals surface area contributed by atoms with Gasteiger partial charge < -0.3 is 9.84 Å². The van der Waals surface area contributed by atoms with Crippen LogP contribution in [-0.4, -0.2) is 24.3 Å². The van der Waals surface area contributed by atoms with E-state index in [0.29, 0.717) is 6.42 Å². The van der Waals surface area contributed by atoms with Crippen molar-refractivity contribution in [3.63, 3.8) is 0 Å². The zero-order chi connectivity index (χ0) is 15.7. The number of carbonyl (C=O) groups excluding carboxylic acids is 1. The van der Waals surface area contributed by atoms with Crippen LogP contribution in [0.4, 0.5) is 0 Å². The monoisotopic (exact) mass is 286 g/mol. The minimum Gasteiger partial charge on any atom is -0.469 e. The number of aliphatic hydroxyl groups excluding tert-OH is 1. The summed E-state index contributed by atoms with van der Waals surface area (Å²) in [5.41, 5.74) is 1.81. The molecule has 0 amide bonds. The lowest BCUT2D eigenvalue weighted by Crippen LogP contribution is -2.15. The van der Waals surface area contributed by atoms with Crippen LogP contribution in [0.1, 0.15) is 24.8 Å². The minimum atomic E-state index is -0.536. The number of benzene rings is 1. The Kier molecular flexibility index (Phi) is 7.19. The molecule has 0 saturated carbocycles. The smallest absolute Gasteiger partial charge is 0.313 e. The quantitative estimate of drug-likeness (QED) is 0.617. The number of carbonyl (C=O) groups is 1. The van der Waals surface area contributed by atoms with Crippen molar-refractivity contribution in [2.24, 2.45) is 0 Å². The average Bonchev–Trinajstić information content (AvgIpc) is 2.50. The molecule has 0 fully saturated rings. The molecule has 0 aromatic heterocycles. The van der Waals surface area contributed by atoms with Gasteiger partial charge in [-0.3, -0.25) is 4.79 Å². The molecule has 1 rings (SSSR count). The maximum atomic E-state index is 12.0. The van der Waals surface area contributed by atoms with E-state index in [1.54, 1.807) is 19.1 Å². The van der Waals surface area contributed by atoms with Crippen LogP contribution in [0.15, 0.2) is 66.8 Å². The molecule has 2 unspecified atom stereocenters. The summed E-state index contributed by atoms with van der Waals surface area (Å²) in [6.07, 6.45) is 6.94. The number of hydrogen-bond donors (Lipinski definition) is 1. The third kappa shape index (κ3) is 5.79. The SMILES string of the molecule is C=C/C=C(\C=C/C(C)O)CC(C(=O)OC)c1ccccc1. The normalized spacial score (nSPS) is 14.7. The van der Waals surface area contributed by atoms with E-state index in [0.717, 1.165) is 11.1 Å². The standard InChI is InChI=1S/C18H22O3/c1-4-8-15(12-11-14(2)19)13-17(18(20)21-3)16-9-6-5-7-10-16/h4-12,14,17,19H,1,13H2,2-3H3/b12-11-,15-8+. The number of methoxy groups -OCH3 is 1. The molecule has 112 valence electrons. The fourth-order valence-corrected chi connectivity index (χ4v) is 2.01. The van der Waals surface area contributed by atoms with Crippen LogP contribution in [0.2, 0.25) is 0 Å². The van der Waals surface area contributed by atoms with E-state index in [4.69, 9.17) is 4.74 Å². The van der Waals surface area contributed by atoms with Gasteiger partial charge in [-0.25, -0.2) is 0 Å². The van der Waals surface area contributed by atoms with E-state index in [1.165, 1.54) is 7.11 Å². The van der Waals surface area contributed by atoms with Crippen LogP contribution in [0, 0.1) is 0 Å². The first-order valence-electron chi connectivity index (χ1n) is 6.89. The Morgan fingerprint density at radius 1 is 1.38 bits per heavy atom. The maximum Gasteiger partial charge on any atom is 0.313 e. The van der Waals surface area contributed by atoms with Gasteiger partial charge in [-0.2, -0.15) is 0 Å². The van der Waals surface area contributed by atoms with E-state index in [-0.39, 0.29) is 11.9 Å². The second-order valence-electron chi connectivity index (χ2n) is 4.77. The number of aliphatic hydroxyl groups is 1. The minimum absolute atomic E-state index is 0.276. The van der Waals surface area contributed by atoms with Gasteiger partial charge in [-0.15, -0.1) is 0 Å². The van der Waals surface area contributed by atoms with Crippen molar-refractivity contribution in [3.8, 4) is 0 Å². The Balaban J connectivity index is 3.01. The Morgan fingerprint density at radius 3 is 2.57 bits per heavy atom. The highest BCUT2D eigenvalue weighted by Gasteiger charge is 2.21. The first kappa shape index (κ1) is 16.9. The molecule has 0 radical (unpaired) electrons. The topological polar surface area (TPSA) is 46.5 Å². The molecule has 0 bridgehead atoms. The first-order chi connectivity index (χ1) is 10.1. The predicted octanol–water partition coefficient (Wildman–Crippen LogP) is 3.38. The molecule has 3 heteroatoms. The van der Waals surface area contributed by atoms with Gasteiger partial charge in [-0.05, 0) is 24.5 Å². The summed E-state index contributed by atoms with van der Waals surface area (Å²) in [5.74, 6) is -0.650. The maximum absolute atomic E-state index is 12.0. The molecule has 2 atom stereocenters. The van der Waals surface area contributed by atoms with Crippen molar-refractivity contribution in [1.82, 2.24) is 0 Å². The van der Waals surface area contributed by atoms with Gasteiger partial charge >= 0.3 is 5.97 Å². The van der Waals surface area contributed by atoms with Crippen LogP contribution >= 0.6 is 0 Å². The fraction of sp³-hybridized carbons (Fsp3) is 0.278. The number of rotatable bonds is 7. The Labute approximate surface area is 126 Å². The Morgan fingerprint density at radius 2 is 2.05 bits per heavy atom. The van der Waals surface area contributed by atoms with Gasteiger partial charge in [0.25, 0.3) is 0 Å². The zero-order valence-electron chi connectivity index (χ0n) is 12.5. The molecule has 21 heavy (non-hydrogen) atoms. The van der Waals surface area contributed by atoms with Gasteiger partial charge in [0.05, 0.1) is 19.1 Å². The Hall–Kier alpha value is -2.13. The molecule has 0 saturated heterocycles. The number of esters is 1. The number of hydrogen-bond acceptors (Lipinski definition) is 3. The zero-order valence-corrected chi connectivity index (χ0v) is 12.5. The van der Waals surface area contributed by atoms with Gasteiger partial charge in [-0.1, -0.05) is 61.2 Å². The van der Waals surface area contributed by atoms with Crippen molar-refractivity contribution >= 4 is 5.97 Å². The highest BCUT2D eigenvalue weighted by molar-refractivity contribution is 5.78. The van der Waals surface area contributed by atoms with Gasteiger partial charge in [0, 0.05) is 0 Å². The lowest BCUT2D eigenvalue weighted by Gasteiger charge is -2.15. The molecule has 0 spiro atoms. The van der Waals surface area contributed by atoms with E-state index in [1.807, 2.05) is 42.5 Å². The van der Waals surface area contributed by atoms with E-state index in [2.05, 4.69) is 6.58 Å². The van der Waals surface area contributed by atoms with E-state index in [9.17, 15) is 9.90 Å². The second kappa shape index (κ2) is 8.93. The number of allylic oxidation sites excluding steroid dienone is 4. The summed E-state index contributed by atoms with van der Waals surface area (Å²) in [4.78, 5) is 12.0. The second-order valence-corrected chi connectivity index (χ2v) is 4.77. The fourth-order valence-electron chi connectivity index (χ4n) is 2.01. The molecule has 0 aliphatic rings. The van der Waals surface area contributed by atoms with Crippen LogP contribution in [0.3, 0.4) is 0 Å². The summed E-state index contributed by atoms with van der Waals surface area (Å²) >= 11 is 0. The van der Waals surface area contributed by atoms with E-state index < -0.39 is 6.10 Å². The molecule has 0 aliphatic heterocycles. The highest BCUT2D eigenvalue weighted by Crippen LogP contribution is 2.25. The predicted molar refractivity (Wildman–Crippen MR) is 84.9 cm³/mol. The largest absolute Gasteiger partial charge is 0.469 e. The summed E-state index contributed by atoms with van der Waals surface area (Å²) in [6, 6.07) is 9.52. The van der Waals surface area contributed by atoms with Crippen molar-refractivity contribution in [2.75, 3.05) is 7.11 Å². The van der Waals surface area contributed by atoms with Crippen LogP contribution in [0.25, 0.3) is 0 Å². The summed E-state index contributed by atoms with van der Waals surface area (Å²) < 4.78 is 4.91. The lowest BCUT2D eigenvalue weighted by atomic mass is 9.91. The molecule has 0 heterocycles. The molecule has 3 nitrogen and oxygen atoms in total. The van der Waals surface area contributed by atoms with Gasteiger partial charge in [0.15, 0.2) is 0 Å². The third-order valence-corrected chi connectivity index (χ3v) is 3.05. The molecule has 1 N–H and O–H groups in total. The van der Waals surface area contributed by atoms with E-state index >= 15 is 0 Å². The van der Waals surface area contributed by atoms with Gasteiger partial charge in [0.1, 0.15) is 0 Å². The highest BCUT2D eigenvalue weighted by atomic mass is 16.5. The summed E-state index contributed by atoms with van der Waals surface area (Å²) in [7, 11) is 1.39. The Bertz CT molecular complexity index is 513. The molecule has 1 aromatic carbocycles. The molecule has 1 aromatic rings. The van der Waals surface area contributed by atoms with Crippen molar-refractivity contribution in [2.45, 2.75) is 25.4 Å². The molecule has 0 aliphatic carbocycles. The van der Waals surface area contributed by atoms with Crippen LogP contribution in [0.5, 0.6) is 0 Å².